The van der Waals surface area contributed by atoms with E-state index in [0.29, 0.717) is 13.1 Å². The van der Waals surface area contributed by atoms with E-state index in [1.807, 2.05) is 31.2 Å². The third-order valence-corrected chi connectivity index (χ3v) is 3.62. The lowest BCUT2D eigenvalue weighted by Gasteiger charge is -2.40. The van der Waals surface area contributed by atoms with Crippen molar-refractivity contribution in [2.45, 2.75) is 18.9 Å². The summed E-state index contributed by atoms with van der Waals surface area (Å²) in [6, 6.07) is 7.72. The highest BCUT2D eigenvalue weighted by Crippen LogP contribution is 2.27. The van der Waals surface area contributed by atoms with Crippen LogP contribution >= 0.6 is 15.9 Å². The van der Waals surface area contributed by atoms with Crippen molar-refractivity contribution in [3.63, 3.8) is 0 Å². The second kappa shape index (κ2) is 5.38. The summed E-state index contributed by atoms with van der Waals surface area (Å²) in [4.78, 5) is 13.7. The van der Waals surface area contributed by atoms with E-state index in [2.05, 4.69) is 15.9 Å². The maximum absolute atomic E-state index is 12.0. The molecule has 1 aromatic carbocycles. The van der Waals surface area contributed by atoms with Crippen LogP contribution in [-0.2, 0) is 9.53 Å². The van der Waals surface area contributed by atoms with Crippen molar-refractivity contribution in [3.8, 4) is 0 Å². The van der Waals surface area contributed by atoms with E-state index in [9.17, 15) is 4.79 Å². The van der Waals surface area contributed by atoms with E-state index in [1.54, 1.807) is 4.90 Å². The first-order valence-electron chi connectivity index (χ1n) is 5.94. The first-order valence-corrected chi connectivity index (χ1v) is 6.73. The van der Waals surface area contributed by atoms with Crippen LogP contribution < -0.4 is 10.6 Å². The van der Waals surface area contributed by atoms with Gasteiger partial charge in [-0.3, -0.25) is 4.79 Å². The molecule has 0 spiro atoms. The van der Waals surface area contributed by atoms with Crippen molar-refractivity contribution in [2.75, 3.05) is 24.6 Å². The maximum Gasteiger partial charge on any atom is 0.253 e. The lowest BCUT2D eigenvalue weighted by atomic mass is 9.99. The molecular formula is C13H17BrN2O2. The summed E-state index contributed by atoms with van der Waals surface area (Å²) >= 11 is 3.42. The summed E-state index contributed by atoms with van der Waals surface area (Å²) in [7, 11) is 0. The standard InChI is InChI=1S/C13H17BrN2O2/c1-13(5-6-15)9-16(12(17)8-18-13)11-4-2-3-10(14)7-11/h2-4,7H,5-6,8-9,15H2,1H3. The predicted molar refractivity (Wildman–Crippen MR) is 74.5 cm³/mol. The van der Waals surface area contributed by atoms with Crippen LogP contribution in [-0.4, -0.2) is 31.2 Å². The van der Waals surface area contributed by atoms with Gasteiger partial charge in [0, 0.05) is 10.2 Å². The zero-order valence-electron chi connectivity index (χ0n) is 10.4. The monoisotopic (exact) mass is 312 g/mol. The number of nitrogens with two attached hydrogens (primary N) is 1. The highest BCUT2D eigenvalue weighted by Gasteiger charge is 2.35. The highest BCUT2D eigenvalue weighted by molar-refractivity contribution is 9.10. The fourth-order valence-corrected chi connectivity index (χ4v) is 2.51. The molecule has 1 saturated heterocycles. The molecule has 1 amide bonds. The minimum absolute atomic E-state index is 0.0115. The van der Waals surface area contributed by atoms with Gasteiger partial charge < -0.3 is 15.4 Å². The number of benzene rings is 1. The summed E-state index contributed by atoms with van der Waals surface area (Å²) < 4.78 is 6.58. The number of hydrogen-bond acceptors (Lipinski definition) is 3. The smallest absolute Gasteiger partial charge is 0.253 e. The SMILES string of the molecule is CC1(CCN)CN(c2cccc(Br)c2)C(=O)CO1. The Bertz CT molecular complexity index is 452. The van der Waals surface area contributed by atoms with Crippen molar-refractivity contribution in [2.24, 2.45) is 5.73 Å². The molecule has 1 aliphatic heterocycles. The third kappa shape index (κ3) is 2.91. The summed E-state index contributed by atoms with van der Waals surface area (Å²) in [5, 5.41) is 0. The Kier molecular flexibility index (Phi) is 4.04. The number of amides is 1. The number of ether oxygens (including phenoxy) is 1. The van der Waals surface area contributed by atoms with Crippen LogP contribution in [0.4, 0.5) is 5.69 Å². The number of carbonyl (C=O) groups is 1. The second-order valence-corrected chi connectivity index (χ2v) is 5.65. The molecule has 0 radical (unpaired) electrons. The topological polar surface area (TPSA) is 55.6 Å². The molecule has 1 aromatic rings. The molecule has 2 rings (SSSR count). The molecule has 2 N–H and O–H groups in total. The van der Waals surface area contributed by atoms with Crippen LogP contribution in [0.1, 0.15) is 13.3 Å². The average molecular weight is 313 g/mol. The minimum atomic E-state index is -0.356. The summed E-state index contributed by atoms with van der Waals surface area (Å²) in [6.45, 7) is 3.21. The predicted octanol–water partition coefficient (Wildman–Crippen LogP) is 1.92. The van der Waals surface area contributed by atoms with Crippen molar-refractivity contribution in [3.05, 3.63) is 28.7 Å². The van der Waals surface area contributed by atoms with Crippen LogP contribution in [0, 0.1) is 0 Å². The van der Waals surface area contributed by atoms with Gasteiger partial charge in [0.15, 0.2) is 0 Å². The van der Waals surface area contributed by atoms with Crippen LogP contribution in [0.15, 0.2) is 28.7 Å². The zero-order valence-corrected chi connectivity index (χ0v) is 11.9. The highest BCUT2D eigenvalue weighted by atomic mass is 79.9. The van der Waals surface area contributed by atoms with Crippen molar-refractivity contribution in [1.29, 1.82) is 0 Å². The molecule has 1 aliphatic rings. The van der Waals surface area contributed by atoms with Gasteiger partial charge in [-0.2, -0.15) is 0 Å². The van der Waals surface area contributed by atoms with Gasteiger partial charge in [-0.25, -0.2) is 0 Å². The molecular weight excluding hydrogens is 296 g/mol. The quantitative estimate of drug-likeness (QED) is 0.927. The maximum atomic E-state index is 12.0. The molecule has 1 heterocycles. The largest absolute Gasteiger partial charge is 0.364 e. The van der Waals surface area contributed by atoms with Gasteiger partial charge in [0.05, 0.1) is 12.1 Å². The van der Waals surface area contributed by atoms with Crippen LogP contribution in [0.2, 0.25) is 0 Å². The van der Waals surface area contributed by atoms with Gasteiger partial charge in [0.1, 0.15) is 6.61 Å². The molecule has 4 nitrogen and oxygen atoms in total. The van der Waals surface area contributed by atoms with E-state index < -0.39 is 0 Å². The lowest BCUT2D eigenvalue weighted by Crippen LogP contribution is -2.54. The molecule has 0 saturated carbocycles. The second-order valence-electron chi connectivity index (χ2n) is 4.74. The van der Waals surface area contributed by atoms with Gasteiger partial charge in [-0.1, -0.05) is 22.0 Å². The number of rotatable bonds is 3. The first-order chi connectivity index (χ1) is 8.54. The molecule has 5 heteroatoms. The van der Waals surface area contributed by atoms with E-state index in [-0.39, 0.29) is 18.1 Å². The molecule has 0 aromatic heterocycles. The van der Waals surface area contributed by atoms with E-state index >= 15 is 0 Å². The molecule has 1 unspecified atom stereocenters. The number of halogens is 1. The minimum Gasteiger partial charge on any atom is -0.364 e. The van der Waals surface area contributed by atoms with Gasteiger partial charge >= 0.3 is 0 Å². The molecule has 0 aliphatic carbocycles. The number of hydrogen-bond donors (Lipinski definition) is 1. The molecule has 0 bridgehead atoms. The Balaban J connectivity index is 2.23. The van der Waals surface area contributed by atoms with Crippen molar-refractivity contribution < 1.29 is 9.53 Å². The number of anilines is 1. The normalized spacial score (nSPS) is 24.4. The third-order valence-electron chi connectivity index (χ3n) is 3.13. The Hall–Kier alpha value is -0.910. The van der Waals surface area contributed by atoms with Crippen molar-refractivity contribution >= 4 is 27.5 Å². The Morgan fingerprint density at radius 3 is 3.00 bits per heavy atom. The fraction of sp³-hybridized carbons (Fsp3) is 0.462. The van der Waals surface area contributed by atoms with E-state index in [0.717, 1.165) is 16.6 Å². The molecule has 1 fully saturated rings. The zero-order chi connectivity index (χ0) is 13.2. The lowest BCUT2D eigenvalue weighted by molar-refractivity contribution is -0.137. The number of morpholine rings is 1. The molecule has 98 valence electrons. The van der Waals surface area contributed by atoms with Gasteiger partial charge in [0.25, 0.3) is 5.91 Å². The van der Waals surface area contributed by atoms with Crippen LogP contribution in [0.5, 0.6) is 0 Å². The Morgan fingerprint density at radius 2 is 2.33 bits per heavy atom. The summed E-state index contributed by atoms with van der Waals surface area (Å²) in [6.07, 6.45) is 0.741. The molecule has 18 heavy (non-hydrogen) atoms. The van der Waals surface area contributed by atoms with E-state index in [4.69, 9.17) is 10.5 Å². The van der Waals surface area contributed by atoms with Crippen LogP contribution in [0.25, 0.3) is 0 Å². The number of nitrogens with zero attached hydrogens (tertiary/aromatic N) is 1. The van der Waals surface area contributed by atoms with E-state index in [1.165, 1.54) is 0 Å². The summed E-state index contributed by atoms with van der Waals surface area (Å²) in [5.74, 6) is -0.0115. The van der Waals surface area contributed by atoms with Crippen LogP contribution in [0.3, 0.4) is 0 Å². The molecule has 1 atom stereocenters. The van der Waals surface area contributed by atoms with Gasteiger partial charge in [-0.15, -0.1) is 0 Å². The van der Waals surface area contributed by atoms with Crippen molar-refractivity contribution in [1.82, 2.24) is 0 Å². The van der Waals surface area contributed by atoms with Gasteiger partial charge in [-0.05, 0) is 38.1 Å². The fourth-order valence-electron chi connectivity index (χ4n) is 2.12. The average Bonchev–Trinajstić information content (AvgIpc) is 2.33. The summed E-state index contributed by atoms with van der Waals surface area (Å²) in [5.41, 5.74) is 6.13. The van der Waals surface area contributed by atoms with Gasteiger partial charge in [0.2, 0.25) is 0 Å². The Labute approximate surface area is 115 Å². The Morgan fingerprint density at radius 1 is 1.56 bits per heavy atom. The number of carbonyl (C=O) groups excluding carboxylic acids is 1. The first kappa shape index (κ1) is 13.5.